The lowest BCUT2D eigenvalue weighted by molar-refractivity contribution is 0.0521. The number of carbonyl (C=O) groups is 2. The Labute approximate surface area is 116 Å². The number of carbonyl (C=O) groups excluding carboxylic acids is 1. The molecule has 20 heavy (non-hydrogen) atoms. The minimum Gasteiger partial charge on any atom is -0.478 e. The molecule has 0 radical (unpaired) electrons. The van der Waals surface area contributed by atoms with Crippen LogP contribution in [-0.4, -0.2) is 32.6 Å². The van der Waals surface area contributed by atoms with Gasteiger partial charge in [-0.15, -0.1) is 0 Å². The van der Waals surface area contributed by atoms with Crippen molar-refractivity contribution < 1.29 is 19.4 Å². The smallest absolute Gasteiger partial charge is 0.435 e. The number of aromatic nitrogens is 2. The molecule has 0 aliphatic heterocycles. The summed E-state index contributed by atoms with van der Waals surface area (Å²) >= 11 is 0. The zero-order valence-electron chi connectivity index (χ0n) is 11.8. The summed E-state index contributed by atoms with van der Waals surface area (Å²) in [5.41, 5.74) is 0.523. The summed E-state index contributed by atoms with van der Waals surface area (Å²) in [6, 6.07) is 4.54. The van der Waals surface area contributed by atoms with Crippen LogP contribution in [0.3, 0.4) is 0 Å². The third kappa shape index (κ3) is 2.64. The van der Waals surface area contributed by atoms with E-state index in [4.69, 9.17) is 9.84 Å². The van der Waals surface area contributed by atoms with Crippen molar-refractivity contribution >= 4 is 23.0 Å². The van der Waals surface area contributed by atoms with Crippen molar-refractivity contribution in [2.45, 2.75) is 33.3 Å². The highest BCUT2D eigenvalue weighted by Gasteiger charge is 2.21. The van der Waals surface area contributed by atoms with Crippen molar-refractivity contribution in [3.8, 4) is 0 Å². The zero-order valence-corrected chi connectivity index (χ0v) is 11.8. The molecule has 0 aliphatic rings. The lowest BCUT2D eigenvalue weighted by atomic mass is 10.1. The average Bonchev–Trinajstić information content (AvgIpc) is 2.64. The maximum atomic E-state index is 12.1. The van der Waals surface area contributed by atoms with E-state index in [1.54, 1.807) is 33.8 Å². The fourth-order valence-electron chi connectivity index (χ4n) is 1.85. The average molecular weight is 276 g/mol. The van der Waals surface area contributed by atoms with Crippen LogP contribution >= 0.6 is 0 Å². The quantitative estimate of drug-likeness (QED) is 0.866. The van der Waals surface area contributed by atoms with Gasteiger partial charge in [0.2, 0.25) is 0 Å². The van der Waals surface area contributed by atoms with Crippen LogP contribution in [0, 0.1) is 6.92 Å². The van der Waals surface area contributed by atoms with Crippen LogP contribution in [0.2, 0.25) is 0 Å². The minimum absolute atomic E-state index is 0.0993. The second-order valence-electron chi connectivity index (χ2n) is 5.51. The Balaban J connectivity index is 2.55. The normalized spacial score (nSPS) is 11.6. The van der Waals surface area contributed by atoms with Gasteiger partial charge >= 0.3 is 12.1 Å². The summed E-state index contributed by atoms with van der Waals surface area (Å²) in [6.45, 7) is 7.02. The van der Waals surface area contributed by atoms with Crippen LogP contribution in [0.25, 0.3) is 10.9 Å². The second kappa shape index (κ2) is 4.63. The first kappa shape index (κ1) is 14.0. The van der Waals surface area contributed by atoms with Crippen molar-refractivity contribution in [3.05, 3.63) is 29.5 Å². The topological polar surface area (TPSA) is 81.4 Å². The van der Waals surface area contributed by atoms with E-state index in [0.29, 0.717) is 11.2 Å². The van der Waals surface area contributed by atoms with Crippen molar-refractivity contribution in [3.63, 3.8) is 0 Å². The molecule has 1 heterocycles. The molecule has 6 nitrogen and oxygen atoms in total. The molecule has 0 atom stereocenters. The molecule has 1 aromatic heterocycles. The summed E-state index contributed by atoms with van der Waals surface area (Å²) in [6.07, 6.45) is -0.627. The number of hydrogen-bond acceptors (Lipinski definition) is 4. The number of rotatable bonds is 1. The molecule has 0 unspecified atom stereocenters. The number of hydrogen-bond donors (Lipinski definition) is 1. The number of nitrogens with zero attached hydrogens (tertiary/aromatic N) is 2. The maximum absolute atomic E-state index is 12.1. The van der Waals surface area contributed by atoms with Gasteiger partial charge in [0.1, 0.15) is 5.60 Å². The predicted molar refractivity (Wildman–Crippen MR) is 73.1 cm³/mol. The Kier molecular flexibility index (Phi) is 3.25. The first-order valence-electron chi connectivity index (χ1n) is 6.15. The largest absolute Gasteiger partial charge is 0.478 e. The van der Waals surface area contributed by atoms with E-state index in [2.05, 4.69) is 5.10 Å². The molecule has 106 valence electrons. The molecular formula is C14H16N2O4. The SMILES string of the molecule is Cc1nn(C(=O)OC(C)(C)C)c2cc(C(=O)O)ccc12. The fraction of sp³-hybridized carbons (Fsp3) is 0.357. The summed E-state index contributed by atoms with van der Waals surface area (Å²) < 4.78 is 6.36. The molecule has 1 aromatic carbocycles. The number of aromatic carboxylic acids is 1. The highest BCUT2D eigenvalue weighted by Crippen LogP contribution is 2.21. The highest BCUT2D eigenvalue weighted by molar-refractivity contribution is 5.96. The predicted octanol–water partition coefficient (Wildman–Crippen LogP) is 2.83. The van der Waals surface area contributed by atoms with Crippen LogP contribution in [-0.2, 0) is 4.74 Å². The van der Waals surface area contributed by atoms with Crippen LogP contribution in [0.5, 0.6) is 0 Å². The van der Waals surface area contributed by atoms with Crippen LogP contribution in [0.1, 0.15) is 36.8 Å². The van der Waals surface area contributed by atoms with E-state index < -0.39 is 17.7 Å². The molecular weight excluding hydrogens is 260 g/mol. The molecule has 0 amide bonds. The van der Waals surface area contributed by atoms with Gasteiger partial charge in [0, 0.05) is 5.39 Å². The molecule has 1 N–H and O–H groups in total. The van der Waals surface area contributed by atoms with Crippen molar-refractivity contribution in [1.82, 2.24) is 9.78 Å². The molecule has 0 aliphatic carbocycles. The standard InChI is InChI=1S/C14H16N2O4/c1-8-10-6-5-9(12(17)18)7-11(10)16(15-8)13(19)20-14(2,3)4/h5-7H,1-4H3,(H,17,18). The summed E-state index contributed by atoms with van der Waals surface area (Å²) in [5, 5.41) is 13.9. The van der Waals surface area contributed by atoms with E-state index in [0.717, 1.165) is 10.1 Å². The van der Waals surface area contributed by atoms with Gasteiger partial charge in [0.25, 0.3) is 0 Å². The van der Waals surface area contributed by atoms with Crippen molar-refractivity contribution in [1.29, 1.82) is 0 Å². The molecule has 0 saturated heterocycles. The van der Waals surface area contributed by atoms with Crippen molar-refractivity contribution in [2.24, 2.45) is 0 Å². The molecule has 0 saturated carbocycles. The summed E-state index contributed by atoms with van der Waals surface area (Å²) in [4.78, 5) is 23.1. The number of carboxylic acid groups (broad SMARTS) is 1. The molecule has 0 bridgehead atoms. The first-order chi connectivity index (χ1) is 9.19. The van der Waals surface area contributed by atoms with Crippen LogP contribution in [0.4, 0.5) is 4.79 Å². The molecule has 6 heteroatoms. The maximum Gasteiger partial charge on any atom is 0.435 e. The van der Waals surface area contributed by atoms with Gasteiger partial charge in [-0.2, -0.15) is 9.78 Å². The van der Waals surface area contributed by atoms with E-state index in [-0.39, 0.29) is 5.56 Å². The molecule has 0 spiro atoms. The lowest BCUT2D eigenvalue weighted by Crippen LogP contribution is -2.27. The monoisotopic (exact) mass is 276 g/mol. The number of carboxylic acids is 1. The Hall–Kier alpha value is -2.37. The minimum atomic E-state index is -1.05. The van der Waals surface area contributed by atoms with Gasteiger partial charge in [-0.25, -0.2) is 9.59 Å². The third-order valence-electron chi connectivity index (χ3n) is 2.68. The van der Waals surface area contributed by atoms with E-state index >= 15 is 0 Å². The Morgan fingerprint density at radius 3 is 2.50 bits per heavy atom. The van der Waals surface area contributed by atoms with Gasteiger partial charge in [-0.05, 0) is 39.8 Å². The number of aryl methyl sites for hydroxylation is 1. The summed E-state index contributed by atoms with van der Waals surface area (Å²) in [7, 11) is 0. The fourth-order valence-corrected chi connectivity index (χ4v) is 1.85. The van der Waals surface area contributed by atoms with Crippen molar-refractivity contribution in [2.75, 3.05) is 0 Å². The Morgan fingerprint density at radius 1 is 1.30 bits per heavy atom. The molecule has 0 fully saturated rings. The molecule has 2 rings (SSSR count). The number of benzene rings is 1. The Bertz CT molecular complexity index is 695. The number of ether oxygens (including phenoxy) is 1. The van der Waals surface area contributed by atoms with Gasteiger partial charge < -0.3 is 9.84 Å². The highest BCUT2D eigenvalue weighted by atomic mass is 16.6. The number of fused-ring (bicyclic) bond motifs is 1. The van der Waals surface area contributed by atoms with E-state index in [1.165, 1.54) is 12.1 Å². The van der Waals surface area contributed by atoms with Gasteiger partial charge in [-0.3, -0.25) is 0 Å². The summed E-state index contributed by atoms with van der Waals surface area (Å²) in [5.74, 6) is -1.05. The van der Waals surface area contributed by atoms with Crippen LogP contribution in [0.15, 0.2) is 18.2 Å². The van der Waals surface area contributed by atoms with E-state index in [1.807, 2.05) is 0 Å². The second-order valence-corrected chi connectivity index (χ2v) is 5.51. The van der Waals surface area contributed by atoms with Gasteiger partial charge in [0.15, 0.2) is 0 Å². The third-order valence-corrected chi connectivity index (χ3v) is 2.68. The van der Waals surface area contributed by atoms with Crippen LogP contribution < -0.4 is 0 Å². The lowest BCUT2D eigenvalue weighted by Gasteiger charge is -2.19. The first-order valence-corrected chi connectivity index (χ1v) is 6.15. The van der Waals surface area contributed by atoms with Gasteiger partial charge in [0.05, 0.1) is 16.8 Å². The Morgan fingerprint density at radius 2 is 1.95 bits per heavy atom. The molecule has 2 aromatic rings. The van der Waals surface area contributed by atoms with E-state index in [9.17, 15) is 9.59 Å². The van der Waals surface area contributed by atoms with Gasteiger partial charge in [-0.1, -0.05) is 6.07 Å². The zero-order chi connectivity index (χ0) is 15.1.